The van der Waals surface area contributed by atoms with Gasteiger partial charge in [-0.25, -0.2) is 9.59 Å². The van der Waals surface area contributed by atoms with Crippen LogP contribution in [0.2, 0.25) is 0 Å². The fraction of sp³-hybridized carbons (Fsp3) is 0.714. The Hall–Kier alpha value is -2.12. The van der Waals surface area contributed by atoms with Gasteiger partial charge < -0.3 is 10.6 Å². The van der Waals surface area contributed by atoms with Crippen molar-refractivity contribution in [2.45, 2.75) is 58.5 Å². The normalized spacial score (nSPS) is 21.0. The molecule has 1 atom stereocenters. The van der Waals surface area contributed by atoms with Crippen LogP contribution in [0.1, 0.15) is 47.0 Å². The summed E-state index contributed by atoms with van der Waals surface area (Å²) in [5.74, 6) is -1.15. The zero-order valence-electron chi connectivity index (χ0n) is 13.5. The van der Waals surface area contributed by atoms with Crippen LogP contribution in [0.25, 0.3) is 0 Å². The molecule has 1 rings (SSSR count). The quantitative estimate of drug-likeness (QED) is 0.628. The lowest BCUT2D eigenvalue weighted by Gasteiger charge is -2.21. The van der Waals surface area contributed by atoms with Gasteiger partial charge in [-0.05, 0) is 27.2 Å². The minimum atomic E-state index is -0.979. The molecule has 0 aromatic carbocycles. The van der Waals surface area contributed by atoms with E-state index in [1.54, 1.807) is 20.8 Å². The zero-order chi connectivity index (χ0) is 16.9. The predicted octanol–water partition coefficient (Wildman–Crippen LogP) is 0.721. The van der Waals surface area contributed by atoms with Crippen molar-refractivity contribution in [2.75, 3.05) is 6.54 Å². The van der Waals surface area contributed by atoms with Crippen molar-refractivity contribution in [1.82, 2.24) is 20.9 Å². The lowest BCUT2D eigenvalue weighted by Crippen LogP contribution is -2.48. The van der Waals surface area contributed by atoms with E-state index in [-0.39, 0.29) is 6.04 Å². The first-order chi connectivity index (χ1) is 10.2. The predicted molar refractivity (Wildman–Crippen MR) is 80.0 cm³/mol. The van der Waals surface area contributed by atoms with Crippen LogP contribution in [0.3, 0.4) is 0 Å². The fourth-order valence-electron chi connectivity index (χ4n) is 2.20. The maximum absolute atomic E-state index is 12.3. The molecule has 1 fully saturated rings. The molecule has 0 aromatic rings. The van der Waals surface area contributed by atoms with Crippen molar-refractivity contribution in [3.8, 4) is 0 Å². The molecule has 0 radical (unpaired) electrons. The van der Waals surface area contributed by atoms with Crippen LogP contribution in [-0.4, -0.2) is 46.9 Å². The Bertz CT molecular complexity index is 477. The van der Waals surface area contributed by atoms with Gasteiger partial charge in [-0.3, -0.25) is 19.8 Å². The molecule has 0 bridgehead atoms. The second-order valence-corrected chi connectivity index (χ2v) is 5.93. The second-order valence-electron chi connectivity index (χ2n) is 5.93. The molecule has 1 aliphatic rings. The first kappa shape index (κ1) is 17.9. The number of carbonyl (C=O) groups is 4. The summed E-state index contributed by atoms with van der Waals surface area (Å²) in [4.78, 5) is 48.2. The summed E-state index contributed by atoms with van der Waals surface area (Å²) in [6, 6.07) is -1.38. The van der Waals surface area contributed by atoms with E-state index in [0.717, 1.165) is 17.7 Å². The maximum atomic E-state index is 12.3. The molecule has 1 saturated heterocycles. The van der Waals surface area contributed by atoms with Gasteiger partial charge in [0, 0.05) is 6.04 Å². The summed E-state index contributed by atoms with van der Waals surface area (Å²) in [6.07, 6.45) is 2.20. The van der Waals surface area contributed by atoms with Gasteiger partial charge in [0.05, 0.1) is 0 Å². The molecular formula is C14H24N4O4. The molecule has 22 heavy (non-hydrogen) atoms. The molecule has 1 aliphatic heterocycles. The number of carbonyl (C=O) groups excluding carboxylic acids is 4. The fourth-order valence-corrected chi connectivity index (χ4v) is 2.20. The van der Waals surface area contributed by atoms with Gasteiger partial charge in [0.1, 0.15) is 12.1 Å². The standard InChI is InChI=1S/C14H24N4O4/c1-5-6-7-14(4)11(20)18(13(22)17-14)8-10(19)16-12(21)15-9(2)3/h9H,5-8H2,1-4H3,(H,17,22)(H2,15,16,19,21)/t14-/m0/s1. The molecule has 3 N–H and O–H groups in total. The summed E-state index contributed by atoms with van der Waals surface area (Å²) in [5.41, 5.74) is -0.979. The number of nitrogens with zero attached hydrogens (tertiary/aromatic N) is 1. The molecule has 0 aliphatic carbocycles. The van der Waals surface area contributed by atoms with Gasteiger partial charge in [0.15, 0.2) is 0 Å². The molecule has 0 unspecified atom stereocenters. The van der Waals surface area contributed by atoms with Gasteiger partial charge in [0.2, 0.25) is 5.91 Å². The third kappa shape index (κ3) is 4.44. The summed E-state index contributed by atoms with van der Waals surface area (Å²) >= 11 is 0. The number of unbranched alkanes of at least 4 members (excludes halogenated alkanes) is 1. The van der Waals surface area contributed by atoms with Gasteiger partial charge >= 0.3 is 12.1 Å². The van der Waals surface area contributed by atoms with Crippen LogP contribution in [0.4, 0.5) is 9.59 Å². The molecule has 6 amide bonds. The number of hydrogen-bond acceptors (Lipinski definition) is 4. The highest BCUT2D eigenvalue weighted by molar-refractivity contribution is 6.09. The summed E-state index contributed by atoms with van der Waals surface area (Å²) < 4.78 is 0. The number of urea groups is 2. The second kappa shape index (κ2) is 7.24. The number of imide groups is 2. The summed E-state index contributed by atoms with van der Waals surface area (Å²) in [5, 5.41) is 7.19. The van der Waals surface area contributed by atoms with E-state index in [0.29, 0.717) is 6.42 Å². The summed E-state index contributed by atoms with van der Waals surface area (Å²) in [6.45, 7) is 6.66. The minimum Gasteiger partial charge on any atom is -0.336 e. The lowest BCUT2D eigenvalue weighted by molar-refractivity contribution is -0.134. The largest absolute Gasteiger partial charge is 0.336 e. The molecule has 8 nitrogen and oxygen atoms in total. The van der Waals surface area contributed by atoms with E-state index < -0.39 is 36.0 Å². The van der Waals surface area contributed by atoms with Gasteiger partial charge in [-0.2, -0.15) is 0 Å². The number of nitrogens with one attached hydrogen (secondary N) is 3. The van der Waals surface area contributed by atoms with E-state index in [1.807, 2.05) is 6.92 Å². The van der Waals surface area contributed by atoms with Crippen LogP contribution in [-0.2, 0) is 9.59 Å². The Morgan fingerprint density at radius 2 is 1.95 bits per heavy atom. The highest BCUT2D eigenvalue weighted by atomic mass is 16.2. The molecular weight excluding hydrogens is 288 g/mol. The highest BCUT2D eigenvalue weighted by Gasteiger charge is 2.47. The Morgan fingerprint density at radius 1 is 1.32 bits per heavy atom. The lowest BCUT2D eigenvalue weighted by atomic mass is 9.95. The number of amides is 6. The molecule has 8 heteroatoms. The van der Waals surface area contributed by atoms with Crippen molar-refractivity contribution in [2.24, 2.45) is 0 Å². The van der Waals surface area contributed by atoms with Gasteiger partial charge in [0.25, 0.3) is 5.91 Å². The molecule has 124 valence electrons. The van der Waals surface area contributed by atoms with E-state index >= 15 is 0 Å². The van der Waals surface area contributed by atoms with E-state index in [2.05, 4.69) is 16.0 Å². The third-order valence-corrected chi connectivity index (χ3v) is 3.35. The highest BCUT2D eigenvalue weighted by Crippen LogP contribution is 2.23. The van der Waals surface area contributed by atoms with E-state index in [9.17, 15) is 19.2 Å². The Labute approximate surface area is 130 Å². The van der Waals surface area contributed by atoms with Crippen LogP contribution < -0.4 is 16.0 Å². The van der Waals surface area contributed by atoms with Gasteiger partial charge in [-0.1, -0.05) is 19.8 Å². The summed E-state index contributed by atoms with van der Waals surface area (Å²) in [7, 11) is 0. The maximum Gasteiger partial charge on any atom is 0.325 e. The Kier molecular flexibility index (Phi) is 5.90. The van der Waals surface area contributed by atoms with Crippen molar-refractivity contribution >= 4 is 23.9 Å². The van der Waals surface area contributed by atoms with E-state index in [1.165, 1.54) is 0 Å². The van der Waals surface area contributed by atoms with Crippen LogP contribution in [0.15, 0.2) is 0 Å². The molecule has 0 aromatic heterocycles. The van der Waals surface area contributed by atoms with Crippen molar-refractivity contribution in [3.05, 3.63) is 0 Å². The Balaban J connectivity index is 2.62. The number of hydrogen-bond donors (Lipinski definition) is 3. The topological polar surface area (TPSA) is 108 Å². The van der Waals surface area contributed by atoms with Crippen LogP contribution in [0.5, 0.6) is 0 Å². The van der Waals surface area contributed by atoms with Crippen molar-refractivity contribution < 1.29 is 19.2 Å². The average molecular weight is 312 g/mol. The van der Waals surface area contributed by atoms with Crippen LogP contribution in [0, 0.1) is 0 Å². The Morgan fingerprint density at radius 3 is 2.50 bits per heavy atom. The molecule has 0 spiro atoms. The van der Waals surface area contributed by atoms with Crippen molar-refractivity contribution in [1.29, 1.82) is 0 Å². The third-order valence-electron chi connectivity index (χ3n) is 3.35. The van der Waals surface area contributed by atoms with Crippen LogP contribution >= 0.6 is 0 Å². The number of rotatable bonds is 6. The SMILES string of the molecule is CCCC[C@]1(C)NC(=O)N(CC(=O)NC(=O)NC(C)C)C1=O. The molecule has 0 saturated carbocycles. The molecule has 1 heterocycles. The average Bonchev–Trinajstić information content (AvgIpc) is 2.59. The van der Waals surface area contributed by atoms with E-state index in [4.69, 9.17) is 0 Å². The van der Waals surface area contributed by atoms with Gasteiger partial charge in [-0.15, -0.1) is 0 Å². The minimum absolute atomic E-state index is 0.123. The smallest absolute Gasteiger partial charge is 0.325 e. The monoisotopic (exact) mass is 312 g/mol. The zero-order valence-corrected chi connectivity index (χ0v) is 13.5. The first-order valence-electron chi connectivity index (χ1n) is 7.44. The van der Waals surface area contributed by atoms with Crippen molar-refractivity contribution in [3.63, 3.8) is 0 Å². The first-order valence-corrected chi connectivity index (χ1v) is 7.44.